The average Bonchev–Trinajstić information content (AvgIpc) is 2.40. The van der Waals surface area contributed by atoms with E-state index >= 15 is 0 Å². The van der Waals surface area contributed by atoms with E-state index in [1.807, 2.05) is 0 Å². The van der Waals surface area contributed by atoms with Gasteiger partial charge in [0.2, 0.25) is 0 Å². The maximum Gasteiger partial charge on any atom is 0.335 e. The second kappa shape index (κ2) is 6.12. The number of hydrogen-bond acceptors (Lipinski definition) is 3. The summed E-state index contributed by atoms with van der Waals surface area (Å²) in [4.78, 5) is 15.4. The summed E-state index contributed by atoms with van der Waals surface area (Å²) >= 11 is 0. The molecule has 0 radical (unpaired) electrons. The lowest BCUT2D eigenvalue weighted by Gasteiger charge is -2.42. The number of hydrogen-bond donors (Lipinski definition) is 1. The SMILES string of the molecule is CC(C)(C)N1CCN(Cc2ccc(C(=O)O)cc2F)CC1. The van der Waals surface area contributed by atoms with Gasteiger partial charge < -0.3 is 5.11 Å². The van der Waals surface area contributed by atoms with Crippen LogP contribution >= 0.6 is 0 Å². The van der Waals surface area contributed by atoms with Gasteiger partial charge in [-0.05, 0) is 32.9 Å². The Balaban J connectivity index is 1.96. The van der Waals surface area contributed by atoms with Crippen molar-refractivity contribution in [3.8, 4) is 0 Å². The molecular formula is C16H23FN2O2. The van der Waals surface area contributed by atoms with Crippen molar-refractivity contribution in [2.24, 2.45) is 0 Å². The van der Waals surface area contributed by atoms with Gasteiger partial charge in [0.15, 0.2) is 0 Å². The summed E-state index contributed by atoms with van der Waals surface area (Å²) in [5.74, 6) is -1.53. The van der Waals surface area contributed by atoms with Crippen LogP contribution in [0.3, 0.4) is 0 Å². The molecule has 1 heterocycles. The largest absolute Gasteiger partial charge is 0.478 e. The van der Waals surface area contributed by atoms with Crippen LogP contribution in [0.2, 0.25) is 0 Å². The highest BCUT2D eigenvalue weighted by molar-refractivity contribution is 5.87. The number of benzene rings is 1. The lowest BCUT2D eigenvalue weighted by atomic mass is 10.0. The van der Waals surface area contributed by atoms with Crippen molar-refractivity contribution >= 4 is 5.97 Å². The maximum atomic E-state index is 13.9. The van der Waals surface area contributed by atoms with Crippen molar-refractivity contribution in [3.63, 3.8) is 0 Å². The summed E-state index contributed by atoms with van der Waals surface area (Å²) in [5.41, 5.74) is 0.721. The topological polar surface area (TPSA) is 43.8 Å². The highest BCUT2D eigenvalue weighted by Gasteiger charge is 2.26. The molecule has 1 aliphatic heterocycles. The number of carboxylic acid groups (broad SMARTS) is 1. The molecule has 1 aromatic rings. The lowest BCUT2D eigenvalue weighted by Crippen LogP contribution is -2.53. The fraction of sp³-hybridized carbons (Fsp3) is 0.562. The Morgan fingerprint density at radius 2 is 1.86 bits per heavy atom. The zero-order valence-electron chi connectivity index (χ0n) is 12.9. The Morgan fingerprint density at radius 1 is 1.24 bits per heavy atom. The lowest BCUT2D eigenvalue weighted by molar-refractivity contribution is 0.0586. The van der Waals surface area contributed by atoms with Gasteiger partial charge >= 0.3 is 5.97 Å². The van der Waals surface area contributed by atoms with Gasteiger partial charge in [-0.15, -0.1) is 0 Å². The van der Waals surface area contributed by atoms with Crippen LogP contribution in [0.25, 0.3) is 0 Å². The van der Waals surface area contributed by atoms with Crippen molar-refractivity contribution in [3.05, 3.63) is 35.1 Å². The normalized spacial score (nSPS) is 17.9. The Bertz CT molecular complexity index is 517. The molecular weight excluding hydrogens is 271 g/mol. The van der Waals surface area contributed by atoms with Crippen LogP contribution in [-0.4, -0.2) is 52.6 Å². The molecule has 0 amide bonds. The van der Waals surface area contributed by atoms with E-state index in [1.165, 1.54) is 6.07 Å². The summed E-state index contributed by atoms with van der Waals surface area (Å²) in [5, 5.41) is 8.84. The molecule has 1 aromatic carbocycles. The van der Waals surface area contributed by atoms with Crippen LogP contribution in [0.4, 0.5) is 4.39 Å². The third kappa shape index (κ3) is 4.02. The summed E-state index contributed by atoms with van der Waals surface area (Å²) in [7, 11) is 0. The fourth-order valence-electron chi connectivity index (χ4n) is 2.63. The van der Waals surface area contributed by atoms with Crippen LogP contribution in [-0.2, 0) is 6.54 Å². The Hall–Kier alpha value is -1.46. The van der Waals surface area contributed by atoms with E-state index in [4.69, 9.17) is 5.11 Å². The standard InChI is InChI=1S/C16H23FN2O2/c1-16(2,3)19-8-6-18(7-9-19)11-13-5-4-12(15(20)21)10-14(13)17/h4-5,10H,6-9,11H2,1-3H3,(H,20,21). The van der Waals surface area contributed by atoms with Crippen molar-refractivity contribution < 1.29 is 14.3 Å². The molecule has 1 fully saturated rings. The Morgan fingerprint density at radius 3 is 2.33 bits per heavy atom. The molecule has 0 bridgehead atoms. The molecule has 2 rings (SSSR count). The number of halogens is 1. The van der Waals surface area contributed by atoms with E-state index in [9.17, 15) is 9.18 Å². The summed E-state index contributed by atoms with van der Waals surface area (Å²) in [6, 6.07) is 4.14. The molecule has 21 heavy (non-hydrogen) atoms. The number of piperazine rings is 1. The Kier molecular flexibility index (Phi) is 4.64. The van der Waals surface area contributed by atoms with E-state index in [1.54, 1.807) is 6.07 Å². The minimum absolute atomic E-state index is 0.00574. The number of rotatable bonds is 3. The minimum Gasteiger partial charge on any atom is -0.478 e. The summed E-state index contributed by atoms with van der Waals surface area (Å²) in [6.07, 6.45) is 0. The highest BCUT2D eigenvalue weighted by atomic mass is 19.1. The molecule has 0 aromatic heterocycles. The molecule has 0 spiro atoms. The fourth-order valence-corrected chi connectivity index (χ4v) is 2.63. The first-order valence-corrected chi connectivity index (χ1v) is 7.26. The zero-order chi connectivity index (χ0) is 15.6. The number of nitrogens with zero attached hydrogens (tertiary/aromatic N) is 2. The molecule has 1 saturated heterocycles. The van der Waals surface area contributed by atoms with Gasteiger partial charge in [-0.25, -0.2) is 9.18 Å². The monoisotopic (exact) mass is 294 g/mol. The maximum absolute atomic E-state index is 13.9. The molecule has 4 nitrogen and oxygen atoms in total. The van der Waals surface area contributed by atoms with Crippen molar-refractivity contribution in [2.75, 3.05) is 26.2 Å². The zero-order valence-corrected chi connectivity index (χ0v) is 12.9. The van der Waals surface area contributed by atoms with Crippen LogP contribution in [0.5, 0.6) is 0 Å². The van der Waals surface area contributed by atoms with Gasteiger partial charge in [0.1, 0.15) is 5.82 Å². The van der Waals surface area contributed by atoms with E-state index in [-0.39, 0.29) is 11.1 Å². The minimum atomic E-state index is -1.10. The molecule has 0 aliphatic carbocycles. The molecule has 116 valence electrons. The van der Waals surface area contributed by atoms with E-state index in [0.717, 1.165) is 32.2 Å². The van der Waals surface area contributed by atoms with E-state index in [0.29, 0.717) is 12.1 Å². The van der Waals surface area contributed by atoms with Crippen molar-refractivity contribution in [1.82, 2.24) is 9.80 Å². The van der Waals surface area contributed by atoms with Gasteiger partial charge in [0.25, 0.3) is 0 Å². The van der Waals surface area contributed by atoms with Crippen molar-refractivity contribution in [1.29, 1.82) is 0 Å². The van der Waals surface area contributed by atoms with E-state index < -0.39 is 11.8 Å². The molecule has 5 heteroatoms. The van der Waals surface area contributed by atoms with Gasteiger partial charge in [-0.3, -0.25) is 9.80 Å². The van der Waals surface area contributed by atoms with Crippen LogP contribution in [0.1, 0.15) is 36.7 Å². The summed E-state index contributed by atoms with van der Waals surface area (Å²) in [6.45, 7) is 10.9. The predicted molar refractivity (Wildman–Crippen MR) is 80.0 cm³/mol. The predicted octanol–water partition coefficient (Wildman–Crippen LogP) is 2.44. The highest BCUT2D eigenvalue weighted by Crippen LogP contribution is 2.18. The van der Waals surface area contributed by atoms with Gasteiger partial charge in [-0.1, -0.05) is 6.07 Å². The first-order chi connectivity index (χ1) is 9.77. The van der Waals surface area contributed by atoms with Crippen LogP contribution in [0.15, 0.2) is 18.2 Å². The molecule has 0 unspecified atom stereocenters. The Labute approximate surface area is 125 Å². The first-order valence-electron chi connectivity index (χ1n) is 7.26. The summed E-state index contributed by atoms with van der Waals surface area (Å²) < 4.78 is 13.9. The van der Waals surface area contributed by atoms with Crippen molar-refractivity contribution in [2.45, 2.75) is 32.9 Å². The molecule has 1 N–H and O–H groups in total. The first kappa shape index (κ1) is 15.9. The second-order valence-corrected chi connectivity index (χ2v) is 6.55. The van der Waals surface area contributed by atoms with Gasteiger partial charge in [0, 0.05) is 43.8 Å². The van der Waals surface area contributed by atoms with Crippen LogP contribution in [0, 0.1) is 5.82 Å². The van der Waals surface area contributed by atoms with Crippen LogP contribution < -0.4 is 0 Å². The smallest absolute Gasteiger partial charge is 0.335 e. The average molecular weight is 294 g/mol. The third-order valence-electron chi connectivity index (χ3n) is 4.01. The number of aromatic carboxylic acids is 1. The third-order valence-corrected chi connectivity index (χ3v) is 4.01. The quantitative estimate of drug-likeness (QED) is 0.930. The second-order valence-electron chi connectivity index (χ2n) is 6.55. The molecule has 0 saturated carbocycles. The number of carboxylic acids is 1. The van der Waals surface area contributed by atoms with E-state index in [2.05, 4.69) is 30.6 Å². The van der Waals surface area contributed by atoms with Gasteiger partial charge in [-0.2, -0.15) is 0 Å². The number of carbonyl (C=O) groups is 1. The molecule has 1 aliphatic rings. The molecule has 0 atom stereocenters. The van der Waals surface area contributed by atoms with Gasteiger partial charge in [0.05, 0.1) is 5.56 Å².